The first-order valence-corrected chi connectivity index (χ1v) is 10.4. The maximum absolute atomic E-state index is 12.8. The number of thiol groups is 1. The SMILES string of the molecule is CCC(C)C(NC(=O)C1CCCN1)C(=O)NC(CS)C(=O)NC(C(=O)O)C(C)O. The maximum Gasteiger partial charge on any atom is 0.328 e. The second kappa shape index (κ2) is 12.0. The number of carboxylic acids is 1. The van der Waals surface area contributed by atoms with E-state index in [0.29, 0.717) is 12.8 Å². The maximum atomic E-state index is 12.8. The third kappa shape index (κ3) is 7.48. The van der Waals surface area contributed by atoms with Gasteiger partial charge in [-0.2, -0.15) is 12.6 Å². The molecule has 0 aromatic rings. The van der Waals surface area contributed by atoms with Crippen molar-refractivity contribution in [2.45, 2.75) is 70.3 Å². The number of carbonyl (C=O) groups excluding carboxylic acids is 3. The average molecular weight is 433 g/mol. The molecule has 1 saturated heterocycles. The highest BCUT2D eigenvalue weighted by Crippen LogP contribution is 2.11. The van der Waals surface area contributed by atoms with Crippen LogP contribution in [-0.2, 0) is 19.2 Å². The Hall–Kier alpha value is -1.85. The van der Waals surface area contributed by atoms with Gasteiger partial charge < -0.3 is 31.5 Å². The number of nitrogens with one attached hydrogen (secondary N) is 4. The van der Waals surface area contributed by atoms with E-state index in [9.17, 15) is 24.3 Å². The molecule has 166 valence electrons. The van der Waals surface area contributed by atoms with Crippen molar-refractivity contribution < 1.29 is 29.4 Å². The summed E-state index contributed by atoms with van der Waals surface area (Å²) in [6, 6.07) is -3.84. The molecule has 3 amide bonds. The van der Waals surface area contributed by atoms with Gasteiger partial charge in [-0.3, -0.25) is 14.4 Å². The zero-order chi connectivity index (χ0) is 22.1. The summed E-state index contributed by atoms with van der Waals surface area (Å²) in [7, 11) is 0. The van der Waals surface area contributed by atoms with Crippen LogP contribution in [0.15, 0.2) is 0 Å². The molecule has 6 N–H and O–H groups in total. The molecular weight excluding hydrogens is 400 g/mol. The van der Waals surface area contributed by atoms with Crippen molar-refractivity contribution in [1.29, 1.82) is 0 Å². The summed E-state index contributed by atoms with van der Waals surface area (Å²) >= 11 is 4.06. The molecule has 1 aliphatic heterocycles. The Morgan fingerprint density at radius 3 is 2.21 bits per heavy atom. The predicted octanol–water partition coefficient (Wildman–Crippen LogP) is -1.37. The van der Waals surface area contributed by atoms with E-state index in [0.717, 1.165) is 13.0 Å². The molecule has 1 aliphatic rings. The molecule has 1 rings (SSSR count). The van der Waals surface area contributed by atoms with Crippen LogP contribution in [0, 0.1) is 5.92 Å². The van der Waals surface area contributed by atoms with Gasteiger partial charge >= 0.3 is 5.97 Å². The van der Waals surface area contributed by atoms with Crippen LogP contribution in [0.25, 0.3) is 0 Å². The molecular formula is C18H32N4O6S. The summed E-state index contributed by atoms with van der Waals surface area (Å²) < 4.78 is 0. The Kier molecular flexibility index (Phi) is 10.4. The number of aliphatic hydroxyl groups is 1. The van der Waals surface area contributed by atoms with Crippen molar-refractivity contribution in [2.24, 2.45) is 5.92 Å². The Labute approximate surface area is 176 Å². The lowest BCUT2D eigenvalue weighted by Gasteiger charge is -2.27. The molecule has 0 saturated carbocycles. The number of amides is 3. The predicted molar refractivity (Wildman–Crippen MR) is 109 cm³/mol. The van der Waals surface area contributed by atoms with Crippen LogP contribution >= 0.6 is 12.6 Å². The third-order valence-corrected chi connectivity index (χ3v) is 5.40. The van der Waals surface area contributed by atoms with Crippen molar-refractivity contribution in [3.63, 3.8) is 0 Å². The lowest BCUT2D eigenvalue weighted by Crippen LogP contribution is -2.59. The van der Waals surface area contributed by atoms with Gasteiger partial charge in [0.05, 0.1) is 12.1 Å². The first-order chi connectivity index (χ1) is 13.6. The number of aliphatic hydroxyl groups excluding tert-OH is 1. The van der Waals surface area contributed by atoms with Gasteiger partial charge in [-0.05, 0) is 32.2 Å². The Morgan fingerprint density at radius 1 is 1.10 bits per heavy atom. The highest BCUT2D eigenvalue weighted by molar-refractivity contribution is 7.80. The van der Waals surface area contributed by atoms with E-state index in [4.69, 9.17) is 5.11 Å². The lowest BCUT2D eigenvalue weighted by molar-refractivity contribution is -0.145. The lowest BCUT2D eigenvalue weighted by atomic mass is 9.97. The van der Waals surface area contributed by atoms with Crippen molar-refractivity contribution in [3.05, 3.63) is 0 Å². The van der Waals surface area contributed by atoms with Crippen LogP contribution in [0.5, 0.6) is 0 Å². The van der Waals surface area contributed by atoms with Crippen LogP contribution in [0.3, 0.4) is 0 Å². The molecule has 6 atom stereocenters. The molecule has 0 aliphatic carbocycles. The average Bonchev–Trinajstić information content (AvgIpc) is 3.21. The van der Waals surface area contributed by atoms with E-state index in [1.165, 1.54) is 6.92 Å². The van der Waals surface area contributed by atoms with Crippen molar-refractivity contribution >= 4 is 36.3 Å². The molecule has 0 aromatic heterocycles. The van der Waals surface area contributed by atoms with Crippen LogP contribution in [-0.4, -0.2) is 76.5 Å². The zero-order valence-electron chi connectivity index (χ0n) is 17.0. The van der Waals surface area contributed by atoms with Gasteiger partial charge in [0.15, 0.2) is 6.04 Å². The summed E-state index contributed by atoms with van der Waals surface area (Å²) in [5.41, 5.74) is 0. The number of rotatable bonds is 11. The largest absolute Gasteiger partial charge is 0.480 e. The van der Waals surface area contributed by atoms with Crippen molar-refractivity contribution in [1.82, 2.24) is 21.3 Å². The van der Waals surface area contributed by atoms with E-state index >= 15 is 0 Å². The molecule has 29 heavy (non-hydrogen) atoms. The van der Waals surface area contributed by atoms with Crippen LogP contribution in [0.4, 0.5) is 0 Å². The van der Waals surface area contributed by atoms with Gasteiger partial charge in [0.2, 0.25) is 17.7 Å². The van der Waals surface area contributed by atoms with Gasteiger partial charge in [-0.25, -0.2) is 4.79 Å². The normalized spacial score (nSPS) is 21.3. The second-order valence-electron chi connectivity index (χ2n) is 7.33. The molecule has 0 radical (unpaired) electrons. The van der Waals surface area contributed by atoms with Gasteiger partial charge in [0.25, 0.3) is 0 Å². The monoisotopic (exact) mass is 432 g/mol. The molecule has 1 heterocycles. The van der Waals surface area contributed by atoms with Crippen LogP contribution in [0.2, 0.25) is 0 Å². The highest BCUT2D eigenvalue weighted by atomic mass is 32.1. The van der Waals surface area contributed by atoms with E-state index in [1.54, 1.807) is 0 Å². The number of carbonyl (C=O) groups is 4. The minimum absolute atomic E-state index is 0.0882. The van der Waals surface area contributed by atoms with E-state index < -0.39 is 42.0 Å². The fourth-order valence-electron chi connectivity index (χ4n) is 2.96. The summed E-state index contributed by atoms with van der Waals surface area (Å²) in [5.74, 6) is -3.28. The molecule has 0 bridgehead atoms. The highest BCUT2D eigenvalue weighted by Gasteiger charge is 2.33. The molecule has 6 unspecified atom stereocenters. The third-order valence-electron chi connectivity index (χ3n) is 5.03. The summed E-state index contributed by atoms with van der Waals surface area (Å²) in [6.45, 7) is 5.68. The fraction of sp³-hybridized carbons (Fsp3) is 0.778. The summed E-state index contributed by atoms with van der Waals surface area (Å²) in [5, 5.41) is 29.1. The molecule has 1 fully saturated rings. The number of hydrogen-bond donors (Lipinski definition) is 7. The van der Waals surface area contributed by atoms with Gasteiger partial charge in [0, 0.05) is 5.75 Å². The first-order valence-electron chi connectivity index (χ1n) is 9.78. The summed E-state index contributed by atoms with van der Waals surface area (Å²) in [4.78, 5) is 48.8. The van der Waals surface area contributed by atoms with E-state index in [2.05, 4.69) is 33.9 Å². The quantitative estimate of drug-likeness (QED) is 0.199. The minimum atomic E-state index is -1.51. The Bertz CT molecular complexity index is 597. The zero-order valence-corrected chi connectivity index (χ0v) is 17.9. The second-order valence-corrected chi connectivity index (χ2v) is 7.69. The minimum Gasteiger partial charge on any atom is -0.480 e. The van der Waals surface area contributed by atoms with Gasteiger partial charge in [-0.15, -0.1) is 0 Å². The fourth-order valence-corrected chi connectivity index (χ4v) is 3.22. The number of carboxylic acid groups (broad SMARTS) is 1. The molecule has 0 aromatic carbocycles. The molecule has 10 nitrogen and oxygen atoms in total. The van der Waals surface area contributed by atoms with Gasteiger partial charge in [0.1, 0.15) is 12.1 Å². The molecule has 0 spiro atoms. The Balaban J connectivity index is 2.82. The van der Waals surface area contributed by atoms with Crippen molar-refractivity contribution in [2.75, 3.05) is 12.3 Å². The topological polar surface area (TPSA) is 157 Å². The first kappa shape index (κ1) is 25.2. The standard InChI is InChI=1S/C18H32N4O6S/c1-4-9(2)13(21-15(24)11-6-5-7-19-11)17(26)20-12(8-29)16(25)22-14(10(3)23)18(27)28/h9-14,19,23,29H,4-8H2,1-3H3,(H,20,26)(H,21,24)(H,22,25)(H,27,28). The smallest absolute Gasteiger partial charge is 0.328 e. The number of hydrogen-bond acceptors (Lipinski definition) is 7. The van der Waals surface area contributed by atoms with E-state index in [-0.39, 0.29) is 23.6 Å². The molecule has 11 heteroatoms. The van der Waals surface area contributed by atoms with E-state index in [1.807, 2.05) is 13.8 Å². The van der Waals surface area contributed by atoms with Crippen LogP contribution in [0.1, 0.15) is 40.0 Å². The van der Waals surface area contributed by atoms with Gasteiger partial charge in [-0.1, -0.05) is 20.3 Å². The number of aliphatic carboxylic acids is 1. The van der Waals surface area contributed by atoms with Crippen LogP contribution < -0.4 is 21.3 Å². The summed E-state index contributed by atoms with van der Waals surface area (Å²) in [6.07, 6.45) is 0.878. The van der Waals surface area contributed by atoms with Crippen molar-refractivity contribution in [3.8, 4) is 0 Å². The Morgan fingerprint density at radius 2 is 1.76 bits per heavy atom.